The molecule has 1 aromatic carbocycles. The van der Waals surface area contributed by atoms with Gasteiger partial charge in [0.2, 0.25) is 5.91 Å². The van der Waals surface area contributed by atoms with E-state index in [2.05, 4.69) is 20.4 Å². The van der Waals surface area contributed by atoms with Crippen molar-refractivity contribution in [1.82, 2.24) is 24.1 Å². The minimum Gasteiger partial charge on any atom is -0.324 e. The Hall–Kier alpha value is -3.81. The number of carbonyl (C=O) groups excluding carboxylic acids is 1. The van der Waals surface area contributed by atoms with E-state index in [1.165, 1.54) is 4.40 Å². The first-order valence-electron chi connectivity index (χ1n) is 9.31. The number of amides is 1. The molecule has 0 saturated heterocycles. The Balaban J connectivity index is 1.62. The smallest absolute Gasteiger partial charge is 0.324 e. The summed E-state index contributed by atoms with van der Waals surface area (Å²) in [6, 6.07) is 13.0. The zero-order valence-electron chi connectivity index (χ0n) is 16.2. The molecule has 0 radical (unpaired) electrons. The first-order chi connectivity index (χ1) is 14.0. The van der Waals surface area contributed by atoms with Crippen LogP contribution < -0.4 is 11.0 Å². The second kappa shape index (κ2) is 7.67. The van der Waals surface area contributed by atoms with Gasteiger partial charge < -0.3 is 5.32 Å². The van der Waals surface area contributed by atoms with Gasteiger partial charge in [0.05, 0.1) is 5.69 Å². The Morgan fingerprint density at radius 2 is 1.93 bits per heavy atom. The van der Waals surface area contributed by atoms with Gasteiger partial charge in [0, 0.05) is 29.7 Å². The van der Waals surface area contributed by atoms with Crippen molar-refractivity contribution >= 4 is 17.2 Å². The van der Waals surface area contributed by atoms with Crippen LogP contribution in [0.25, 0.3) is 16.9 Å². The molecule has 3 heterocycles. The standard InChI is InChI=1S/C21H20N6O2/c1-3-15-5-4-6-17(11-15)24-20(28)13-26-21(29)27-14(2)23-18(12-19(27)25-26)16-7-9-22-10-8-16/h4-12H,3,13H2,1-2H3,(H,24,28). The number of anilines is 1. The number of carbonyl (C=O) groups is 1. The molecule has 0 spiro atoms. The molecule has 1 amide bonds. The van der Waals surface area contributed by atoms with E-state index in [1.54, 1.807) is 25.4 Å². The van der Waals surface area contributed by atoms with Crippen molar-refractivity contribution in [2.45, 2.75) is 26.8 Å². The lowest BCUT2D eigenvalue weighted by Crippen LogP contribution is -2.28. The van der Waals surface area contributed by atoms with Gasteiger partial charge in [-0.15, -0.1) is 5.10 Å². The van der Waals surface area contributed by atoms with Crippen LogP contribution in [-0.4, -0.2) is 30.1 Å². The van der Waals surface area contributed by atoms with Gasteiger partial charge in [-0.1, -0.05) is 19.1 Å². The molecular formula is C21H20N6O2. The number of aromatic nitrogens is 5. The van der Waals surface area contributed by atoms with Crippen LogP contribution in [0, 0.1) is 6.92 Å². The van der Waals surface area contributed by atoms with E-state index in [1.807, 2.05) is 43.3 Å². The summed E-state index contributed by atoms with van der Waals surface area (Å²) in [4.78, 5) is 33.7. The summed E-state index contributed by atoms with van der Waals surface area (Å²) in [7, 11) is 0. The van der Waals surface area contributed by atoms with Crippen LogP contribution in [0.3, 0.4) is 0 Å². The van der Waals surface area contributed by atoms with E-state index in [0.717, 1.165) is 22.2 Å². The Kier molecular flexibility index (Phi) is 4.90. The van der Waals surface area contributed by atoms with Gasteiger partial charge in [0.1, 0.15) is 12.4 Å². The molecule has 0 aliphatic rings. The quantitative estimate of drug-likeness (QED) is 0.567. The minimum absolute atomic E-state index is 0.180. The predicted octanol–water partition coefficient (Wildman–Crippen LogP) is 2.46. The third-order valence-corrected chi connectivity index (χ3v) is 4.62. The summed E-state index contributed by atoms with van der Waals surface area (Å²) in [6.07, 6.45) is 4.24. The SMILES string of the molecule is CCc1cccc(NC(=O)Cn2nc3cc(-c4ccncc4)nc(C)n3c2=O)c1. The Bertz CT molecular complexity index is 1240. The monoisotopic (exact) mass is 388 g/mol. The van der Waals surface area contributed by atoms with Gasteiger partial charge in [-0.25, -0.2) is 18.9 Å². The number of nitrogens with one attached hydrogen (secondary N) is 1. The summed E-state index contributed by atoms with van der Waals surface area (Å²) in [5.74, 6) is 0.186. The molecule has 0 fully saturated rings. The zero-order chi connectivity index (χ0) is 20.4. The maximum Gasteiger partial charge on any atom is 0.352 e. The largest absolute Gasteiger partial charge is 0.352 e. The topological polar surface area (TPSA) is 94.2 Å². The fourth-order valence-corrected chi connectivity index (χ4v) is 3.18. The average Bonchev–Trinajstić information content (AvgIpc) is 3.04. The first kappa shape index (κ1) is 18.5. The number of hydrogen-bond donors (Lipinski definition) is 1. The summed E-state index contributed by atoms with van der Waals surface area (Å²) in [5, 5.41) is 7.14. The van der Waals surface area contributed by atoms with Crippen LogP contribution in [0.15, 0.2) is 59.7 Å². The Morgan fingerprint density at radius 1 is 1.14 bits per heavy atom. The lowest BCUT2D eigenvalue weighted by Gasteiger charge is -2.06. The molecule has 3 aromatic heterocycles. The number of benzene rings is 1. The van der Waals surface area contributed by atoms with Crippen molar-refractivity contribution in [3.05, 3.63) is 76.7 Å². The molecule has 0 aliphatic carbocycles. The van der Waals surface area contributed by atoms with Gasteiger partial charge in [-0.05, 0) is 43.2 Å². The zero-order valence-corrected chi connectivity index (χ0v) is 16.2. The second-order valence-electron chi connectivity index (χ2n) is 6.66. The lowest BCUT2D eigenvalue weighted by atomic mass is 10.1. The maximum absolute atomic E-state index is 12.7. The Labute approximate surface area is 166 Å². The highest BCUT2D eigenvalue weighted by molar-refractivity contribution is 5.90. The fraction of sp³-hybridized carbons (Fsp3) is 0.190. The van der Waals surface area contributed by atoms with E-state index in [-0.39, 0.29) is 12.5 Å². The molecule has 146 valence electrons. The van der Waals surface area contributed by atoms with Gasteiger partial charge in [-0.3, -0.25) is 9.78 Å². The average molecular weight is 388 g/mol. The Morgan fingerprint density at radius 3 is 2.69 bits per heavy atom. The number of aryl methyl sites for hydroxylation is 2. The van der Waals surface area contributed by atoms with Gasteiger partial charge >= 0.3 is 5.69 Å². The van der Waals surface area contributed by atoms with Crippen LogP contribution in [0.5, 0.6) is 0 Å². The van der Waals surface area contributed by atoms with Crippen LogP contribution in [0.2, 0.25) is 0 Å². The predicted molar refractivity (Wildman–Crippen MR) is 110 cm³/mol. The summed E-state index contributed by atoms with van der Waals surface area (Å²) in [6.45, 7) is 3.61. The van der Waals surface area contributed by atoms with E-state index in [9.17, 15) is 9.59 Å². The van der Waals surface area contributed by atoms with Crippen molar-refractivity contribution in [2.24, 2.45) is 0 Å². The third kappa shape index (κ3) is 3.77. The number of fused-ring (bicyclic) bond motifs is 1. The molecular weight excluding hydrogens is 368 g/mol. The second-order valence-corrected chi connectivity index (χ2v) is 6.66. The lowest BCUT2D eigenvalue weighted by molar-refractivity contribution is -0.117. The molecule has 0 bridgehead atoms. The van der Waals surface area contributed by atoms with Crippen LogP contribution in [0.1, 0.15) is 18.3 Å². The molecule has 29 heavy (non-hydrogen) atoms. The molecule has 0 aliphatic heterocycles. The number of hydrogen-bond acceptors (Lipinski definition) is 5. The summed E-state index contributed by atoms with van der Waals surface area (Å²) < 4.78 is 2.55. The van der Waals surface area contributed by atoms with E-state index in [0.29, 0.717) is 22.9 Å². The van der Waals surface area contributed by atoms with E-state index >= 15 is 0 Å². The fourth-order valence-electron chi connectivity index (χ4n) is 3.18. The first-order valence-corrected chi connectivity index (χ1v) is 9.31. The van der Waals surface area contributed by atoms with Gasteiger partial charge in [0.25, 0.3) is 0 Å². The van der Waals surface area contributed by atoms with E-state index in [4.69, 9.17) is 0 Å². The summed E-state index contributed by atoms with van der Waals surface area (Å²) >= 11 is 0. The van der Waals surface area contributed by atoms with Crippen molar-refractivity contribution in [2.75, 3.05) is 5.32 Å². The molecule has 4 aromatic rings. The normalized spacial score (nSPS) is 11.0. The molecule has 0 atom stereocenters. The number of nitrogens with zero attached hydrogens (tertiary/aromatic N) is 5. The highest BCUT2D eigenvalue weighted by Crippen LogP contribution is 2.17. The van der Waals surface area contributed by atoms with Crippen LogP contribution in [0.4, 0.5) is 5.69 Å². The third-order valence-electron chi connectivity index (χ3n) is 4.62. The van der Waals surface area contributed by atoms with Crippen molar-refractivity contribution in [3.8, 4) is 11.3 Å². The van der Waals surface area contributed by atoms with E-state index < -0.39 is 5.69 Å². The minimum atomic E-state index is -0.399. The number of pyridine rings is 1. The summed E-state index contributed by atoms with van der Waals surface area (Å²) in [5.41, 5.74) is 3.43. The van der Waals surface area contributed by atoms with Gasteiger partial charge in [-0.2, -0.15) is 0 Å². The molecule has 1 N–H and O–H groups in total. The number of rotatable bonds is 5. The van der Waals surface area contributed by atoms with Crippen LogP contribution >= 0.6 is 0 Å². The van der Waals surface area contributed by atoms with Gasteiger partial charge in [0.15, 0.2) is 5.65 Å². The van der Waals surface area contributed by atoms with Crippen molar-refractivity contribution in [1.29, 1.82) is 0 Å². The molecule has 4 rings (SSSR count). The molecule has 8 nitrogen and oxygen atoms in total. The highest BCUT2D eigenvalue weighted by atomic mass is 16.2. The van der Waals surface area contributed by atoms with Crippen molar-refractivity contribution < 1.29 is 4.79 Å². The molecule has 8 heteroatoms. The van der Waals surface area contributed by atoms with Crippen molar-refractivity contribution in [3.63, 3.8) is 0 Å². The highest BCUT2D eigenvalue weighted by Gasteiger charge is 2.15. The van der Waals surface area contributed by atoms with Crippen LogP contribution in [-0.2, 0) is 17.8 Å². The molecule has 0 saturated carbocycles. The molecule has 0 unspecified atom stereocenters. The maximum atomic E-state index is 12.7.